The summed E-state index contributed by atoms with van der Waals surface area (Å²) in [6.07, 6.45) is 0. The van der Waals surface area contributed by atoms with Crippen molar-refractivity contribution in [1.29, 1.82) is 0 Å². The van der Waals surface area contributed by atoms with Crippen LogP contribution in [0.3, 0.4) is 0 Å². The molecule has 0 atom stereocenters. The van der Waals surface area contributed by atoms with Crippen LogP contribution in [0.5, 0.6) is 0 Å². The van der Waals surface area contributed by atoms with Crippen LogP contribution in [0.2, 0.25) is 0 Å². The highest BCUT2D eigenvalue weighted by Gasteiger charge is 2.21. The van der Waals surface area contributed by atoms with E-state index in [1.807, 2.05) is 41.8 Å². The molecule has 0 aliphatic carbocycles. The van der Waals surface area contributed by atoms with Crippen LogP contribution in [-0.4, -0.2) is 43.5 Å². The fourth-order valence-corrected chi connectivity index (χ4v) is 5.91. The molecule has 0 radical (unpaired) electrons. The zero-order chi connectivity index (χ0) is 25.7. The Bertz CT molecular complexity index is 1530. The number of carbonyl (C=O) groups excluding carboxylic acids is 1. The lowest BCUT2D eigenvalue weighted by atomic mass is 10.2. The van der Waals surface area contributed by atoms with Crippen molar-refractivity contribution < 1.29 is 22.3 Å². The summed E-state index contributed by atoms with van der Waals surface area (Å²) in [6.45, 7) is 3.55. The molecule has 0 bridgehead atoms. The third kappa shape index (κ3) is 5.79. The van der Waals surface area contributed by atoms with Crippen LogP contribution in [0, 0.1) is 5.82 Å². The van der Waals surface area contributed by atoms with Crippen molar-refractivity contribution >= 4 is 37.5 Å². The lowest BCUT2D eigenvalue weighted by molar-refractivity contribution is 0.0996. The summed E-state index contributed by atoms with van der Waals surface area (Å²) in [5, 5.41) is 0. The molecule has 0 saturated heterocycles. The fourth-order valence-electron chi connectivity index (χ4n) is 3.67. The zero-order valence-corrected chi connectivity index (χ0v) is 21.6. The maximum absolute atomic E-state index is 13.7. The van der Waals surface area contributed by atoms with E-state index in [9.17, 15) is 17.6 Å². The van der Waals surface area contributed by atoms with Crippen LogP contribution in [0.4, 0.5) is 4.39 Å². The zero-order valence-electron chi connectivity index (χ0n) is 19.9. The van der Waals surface area contributed by atoms with Crippen LogP contribution in [-0.2, 0) is 27.8 Å². The first-order valence-electron chi connectivity index (χ1n) is 11.4. The van der Waals surface area contributed by atoms with E-state index in [1.165, 1.54) is 59.1 Å². The summed E-state index contributed by atoms with van der Waals surface area (Å²) in [6, 6.07) is 19.4. The lowest BCUT2D eigenvalue weighted by Crippen LogP contribution is -2.26. The predicted molar refractivity (Wildman–Crippen MR) is 138 cm³/mol. The van der Waals surface area contributed by atoms with E-state index in [0.29, 0.717) is 29.3 Å². The third-order valence-electron chi connectivity index (χ3n) is 5.56. The average molecular weight is 528 g/mol. The molecule has 0 fully saturated rings. The number of nitrogens with zero attached hydrogens (tertiary/aromatic N) is 3. The summed E-state index contributed by atoms with van der Waals surface area (Å²) in [7, 11) is -2.22. The normalized spacial score (nSPS) is 12.5. The second-order valence-corrected chi connectivity index (χ2v) is 11.1. The van der Waals surface area contributed by atoms with E-state index in [1.54, 1.807) is 6.07 Å². The maximum atomic E-state index is 13.7. The van der Waals surface area contributed by atoms with Gasteiger partial charge in [0.1, 0.15) is 5.82 Å². The molecular weight excluding hydrogens is 501 g/mol. The number of ether oxygens (including phenoxy) is 1. The number of thiazole rings is 1. The number of amides is 1. The molecule has 0 saturated carbocycles. The van der Waals surface area contributed by atoms with Gasteiger partial charge in [-0.15, -0.1) is 0 Å². The second kappa shape index (κ2) is 11.3. The van der Waals surface area contributed by atoms with Gasteiger partial charge in [0.25, 0.3) is 5.91 Å². The molecule has 0 aliphatic heterocycles. The molecule has 7 nitrogen and oxygen atoms in total. The maximum Gasteiger partial charge on any atom is 0.279 e. The number of rotatable bonds is 9. The number of hydrogen-bond donors (Lipinski definition) is 0. The first-order chi connectivity index (χ1) is 17.3. The minimum Gasteiger partial charge on any atom is -0.380 e. The number of benzene rings is 3. The minimum atomic E-state index is -3.74. The number of hydrogen-bond acceptors (Lipinski definition) is 5. The van der Waals surface area contributed by atoms with Gasteiger partial charge in [0.05, 0.1) is 21.7 Å². The van der Waals surface area contributed by atoms with Crippen molar-refractivity contribution in [1.82, 2.24) is 8.87 Å². The molecular formula is C26H26FN3O4S2. The topological polar surface area (TPSA) is 81.0 Å². The van der Waals surface area contributed by atoms with Crippen LogP contribution >= 0.6 is 11.3 Å². The molecule has 0 aliphatic rings. The van der Waals surface area contributed by atoms with Gasteiger partial charge in [0.15, 0.2) is 4.80 Å². The minimum absolute atomic E-state index is 0.0848. The number of fused-ring (bicyclic) bond motifs is 1. The van der Waals surface area contributed by atoms with Gasteiger partial charge in [-0.1, -0.05) is 41.7 Å². The summed E-state index contributed by atoms with van der Waals surface area (Å²) in [5.41, 5.74) is 1.88. The smallest absolute Gasteiger partial charge is 0.279 e. The first-order valence-corrected chi connectivity index (χ1v) is 13.6. The average Bonchev–Trinajstić information content (AvgIpc) is 3.20. The molecule has 0 unspecified atom stereocenters. The molecule has 4 rings (SSSR count). The van der Waals surface area contributed by atoms with Crippen LogP contribution < -0.4 is 4.80 Å². The van der Waals surface area contributed by atoms with Crippen molar-refractivity contribution in [2.75, 3.05) is 20.3 Å². The van der Waals surface area contributed by atoms with E-state index in [2.05, 4.69) is 4.99 Å². The molecule has 36 heavy (non-hydrogen) atoms. The molecule has 1 amide bonds. The molecule has 10 heteroatoms. The highest BCUT2D eigenvalue weighted by molar-refractivity contribution is 7.89. The number of carbonyl (C=O) groups is 1. The van der Waals surface area contributed by atoms with E-state index >= 15 is 0 Å². The highest BCUT2D eigenvalue weighted by atomic mass is 32.2. The Balaban J connectivity index is 1.59. The van der Waals surface area contributed by atoms with Crippen molar-refractivity contribution in [3.05, 3.63) is 94.5 Å². The summed E-state index contributed by atoms with van der Waals surface area (Å²) in [5.74, 6) is -0.888. The van der Waals surface area contributed by atoms with Gasteiger partial charge < -0.3 is 9.30 Å². The highest BCUT2D eigenvalue weighted by Crippen LogP contribution is 2.20. The second-order valence-electron chi connectivity index (χ2n) is 8.03. The van der Waals surface area contributed by atoms with Gasteiger partial charge in [-0.2, -0.15) is 9.30 Å². The predicted octanol–water partition coefficient (Wildman–Crippen LogP) is 4.44. The van der Waals surface area contributed by atoms with Gasteiger partial charge in [0.2, 0.25) is 10.0 Å². The fraction of sp³-hybridized carbons (Fsp3) is 0.231. The van der Waals surface area contributed by atoms with Gasteiger partial charge in [-0.25, -0.2) is 12.8 Å². The van der Waals surface area contributed by atoms with E-state index in [0.717, 1.165) is 11.1 Å². The monoisotopic (exact) mass is 527 g/mol. The van der Waals surface area contributed by atoms with Crippen molar-refractivity contribution in [2.45, 2.75) is 24.9 Å². The number of halogens is 1. The molecule has 188 valence electrons. The van der Waals surface area contributed by atoms with Crippen molar-refractivity contribution in [2.24, 2.45) is 4.99 Å². The molecule has 4 aromatic rings. The summed E-state index contributed by atoms with van der Waals surface area (Å²) >= 11 is 1.21. The van der Waals surface area contributed by atoms with Gasteiger partial charge in [-0.05, 0) is 55.0 Å². The van der Waals surface area contributed by atoms with E-state index in [4.69, 9.17) is 4.74 Å². The molecule has 1 aromatic heterocycles. The van der Waals surface area contributed by atoms with Crippen LogP contribution in [0.15, 0.2) is 82.7 Å². The van der Waals surface area contributed by atoms with Crippen molar-refractivity contribution in [3.63, 3.8) is 0 Å². The van der Waals surface area contributed by atoms with E-state index < -0.39 is 15.9 Å². The van der Waals surface area contributed by atoms with Gasteiger partial charge in [0, 0.05) is 32.3 Å². The number of aromatic nitrogens is 1. The van der Waals surface area contributed by atoms with Crippen LogP contribution in [0.25, 0.3) is 10.2 Å². The summed E-state index contributed by atoms with van der Waals surface area (Å²) in [4.78, 5) is 17.7. The molecule has 0 N–H and O–H groups in total. The quantitative estimate of drug-likeness (QED) is 0.302. The van der Waals surface area contributed by atoms with Gasteiger partial charge in [-0.3, -0.25) is 4.79 Å². The Hall–Kier alpha value is -3.18. The molecule has 0 spiro atoms. The molecule has 1 heterocycles. The van der Waals surface area contributed by atoms with Crippen LogP contribution in [0.1, 0.15) is 22.8 Å². The largest absolute Gasteiger partial charge is 0.380 e. The Morgan fingerprint density at radius 3 is 2.50 bits per heavy atom. The summed E-state index contributed by atoms with van der Waals surface area (Å²) < 4.78 is 48.9. The first kappa shape index (κ1) is 25.9. The number of sulfonamides is 1. The Morgan fingerprint density at radius 1 is 1.08 bits per heavy atom. The van der Waals surface area contributed by atoms with Crippen molar-refractivity contribution in [3.8, 4) is 0 Å². The third-order valence-corrected chi connectivity index (χ3v) is 8.42. The van der Waals surface area contributed by atoms with E-state index in [-0.39, 0.29) is 22.8 Å². The SMILES string of the molecule is CCOCCn1c(=NC(=O)c2ccc(S(=O)(=O)N(C)Cc3ccccc3)cc2)sc2cc(F)ccc21. The van der Waals surface area contributed by atoms with Gasteiger partial charge >= 0.3 is 0 Å². The lowest BCUT2D eigenvalue weighted by Gasteiger charge is -2.17. The Kier molecular flexibility index (Phi) is 8.10. The Morgan fingerprint density at radius 2 is 1.81 bits per heavy atom. The Labute approximate surface area is 213 Å². The molecule has 3 aromatic carbocycles. The standard InChI is InChI=1S/C26H26FN3O4S2/c1-3-34-16-15-30-23-14-11-21(27)17-24(23)35-26(30)28-25(31)20-9-12-22(13-10-20)36(32,33)29(2)18-19-7-5-4-6-8-19/h4-14,17H,3,15-16,18H2,1-2H3.